The van der Waals surface area contributed by atoms with Crippen LogP contribution in [0.1, 0.15) is 23.2 Å². The third-order valence-corrected chi connectivity index (χ3v) is 3.74. The van der Waals surface area contributed by atoms with Crippen molar-refractivity contribution < 1.29 is 14.3 Å². The molecule has 1 aliphatic rings. The van der Waals surface area contributed by atoms with Crippen molar-refractivity contribution in [3.8, 4) is 0 Å². The van der Waals surface area contributed by atoms with Gasteiger partial charge in [0.1, 0.15) is 5.82 Å². The minimum Gasteiger partial charge on any atom is -0.478 e. The standard InChI is InChI=1S/C14H19FN2O2/c1-16(2)10-5-7-17(8-6-10)11-3-4-12(14(18)19)13(15)9-11/h3-4,9-10H,5-8H2,1-2H3,(H,18,19). The number of anilines is 1. The highest BCUT2D eigenvalue weighted by atomic mass is 19.1. The van der Waals surface area contributed by atoms with Crippen molar-refractivity contribution in [3.63, 3.8) is 0 Å². The first kappa shape index (κ1) is 13.8. The number of piperidine rings is 1. The van der Waals surface area contributed by atoms with E-state index in [4.69, 9.17) is 5.11 Å². The molecule has 2 rings (SSSR count). The van der Waals surface area contributed by atoms with Crippen LogP contribution in [-0.2, 0) is 0 Å². The predicted octanol–water partition coefficient (Wildman–Crippen LogP) is 2.05. The zero-order valence-electron chi connectivity index (χ0n) is 11.3. The van der Waals surface area contributed by atoms with Gasteiger partial charge in [-0.2, -0.15) is 0 Å². The Balaban J connectivity index is 2.08. The highest BCUT2D eigenvalue weighted by molar-refractivity contribution is 5.88. The molecule has 1 fully saturated rings. The van der Waals surface area contributed by atoms with E-state index >= 15 is 0 Å². The number of hydrogen-bond donors (Lipinski definition) is 1. The Morgan fingerprint density at radius 3 is 2.47 bits per heavy atom. The van der Waals surface area contributed by atoms with Crippen LogP contribution in [0.15, 0.2) is 18.2 Å². The molecule has 104 valence electrons. The van der Waals surface area contributed by atoms with E-state index < -0.39 is 11.8 Å². The summed E-state index contributed by atoms with van der Waals surface area (Å²) in [5.41, 5.74) is 0.492. The third kappa shape index (κ3) is 3.04. The molecular formula is C14H19FN2O2. The summed E-state index contributed by atoms with van der Waals surface area (Å²) in [6.45, 7) is 1.74. The van der Waals surface area contributed by atoms with E-state index in [0.29, 0.717) is 6.04 Å². The molecule has 0 spiro atoms. The van der Waals surface area contributed by atoms with Gasteiger partial charge >= 0.3 is 5.97 Å². The largest absolute Gasteiger partial charge is 0.478 e. The normalized spacial score (nSPS) is 16.9. The number of hydrogen-bond acceptors (Lipinski definition) is 3. The van der Waals surface area contributed by atoms with Gasteiger partial charge in [0.25, 0.3) is 0 Å². The van der Waals surface area contributed by atoms with Crippen molar-refractivity contribution in [2.45, 2.75) is 18.9 Å². The van der Waals surface area contributed by atoms with E-state index in [1.807, 2.05) is 0 Å². The predicted molar refractivity (Wildman–Crippen MR) is 72.3 cm³/mol. The first-order chi connectivity index (χ1) is 8.99. The van der Waals surface area contributed by atoms with Gasteiger partial charge in [0.15, 0.2) is 0 Å². The van der Waals surface area contributed by atoms with Crippen molar-refractivity contribution in [1.29, 1.82) is 0 Å². The molecule has 0 saturated carbocycles. The Labute approximate surface area is 112 Å². The lowest BCUT2D eigenvalue weighted by molar-refractivity contribution is 0.0692. The molecule has 1 saturated heterocycles. The van der Waals surface area contributed by atoms with Crippen molar-refractivity contribution in [1.82, 2.24) is 4.90 Å². The molecule has 0 amide bonds. The second-order valence-corrected chi connectivity index (χ2v) is 5.15. The average molecular weight is 266 g/mol. The van der Waals surface area contributed by atoms with Gasteiger partial charge in [-0.15, -0.1) is 0 Å². The van der Waals surface area contributed by atoms with Gasteiger partial charge < -0.3 is 14.9 Å². The minimum atomic E-state index is -1.23. The molecule has 1 aromatic carbocycles. The van der Waals surface area contributed by atoms with E-state index in [2.05, 4.69) is 23.9 Å². The first-order valence-electron chi connectivity index (χ1n) is 6.43. The molecule has 1 N–H and O–H groups in total. The van der Waals surface area contributed by atoms with Crippen LogP contribution in [0.4, 0.5) is 10.1 Å². The molecule has 1 aromatic rings. The smallest absolute Gasteiger partial charge is 0.338 e. The highest BCUT2D eigenvalue weighted by Gasteiger charge is 2.21. The van der Waals surface area contributed by atoms with Gasteiger partial charge in [0.2, 0.25) is 0 Å². The van der Waals surface area contributed by atoms with Crippen molar-refractivity contribution in [2.75, 3.05) is 32.1 Å². The molecule has 19 heavy (non-hydrogen) atoms. The molecule has 0 aromatic heterocycles. The van der Waals surface area contributed by atoms with E-state index in [0.717, 1.165) is 31.6 Å². The second kappa shape index (κ2) is 5.57. The van der Waals surface area contributed by atoms with E-state index in [-0.39, 0.29) is 5.56 Å². The average Bonchev–Trinajstić information content (AvgIpc) is 2.38. The number of aromatic carboxylic acids is 1. The van der Waals surface area contributed by atoms with Crippen molar-refractivity contribution in [2.24, 2.45) is 0 Å². The lowest BCUT2D eigenvalue weighted by Crippen LogP contribution is -2.42. The van der Waals surface area contributed by atoms with Gasteiger partial charge in [-0.1, -0.05) is 0 Å². The molecule has 0 aliphatic carbocycles. The summed E-state index contributed by atoms with van der Waals surface area (Å²) >= 11 is 0. The maximum Gasteiger partial charge on any atom is 0.338 e. The number of carbonyl (C=O) groups is 1. The topological polar surface area (TPSA) is 43.8 Å². The Hall–Kier alpha value is -1.62. The van der Waals surface area contributed by atoms with E-state index in [1.165, 1.54) is 12.1 Å². The van der Waals surface area contributed by atoms with Crippen LogP contribution in [0.2, 0.25) is 0 Å². The SMILES string of the molecule is CN(C)C1CCN(c2ccc(C(=O)O)c(F)c2)CC1. The summed E-state index contributed by atoms with van der Waals surface area (Å²) in [6.07, 6.45) is 2.07. The number of rotatable bonds is 3. The van der Waals surface area contributed by atoms with Crippen LogP contribution in [0.25, 0.3) is 0 Å². The zero-order valence-corrected chi connectivity index (χ0v) is 11.3. The summed E-state index contributed by atoms with van der Waals surface area (Å²) in [6, 6.07) is 4.91. The number of nitrogens with zero attached hydrogens (tertiary/aromatic N) is 2. The number of benzene rings is 1. The van der Waals surface area contributed by atoms with Gasteiger partial charge in [0.05, 0.1) is 5.56 Å². The molecule has 1 heterocycles. The summed E-state index contributed by atoms with van der Waals surface area (Å²) in [7, 11) is 4.14. The lowest BCUT2D eigenvalue weighted by Gasteiger charge is -2.36. The van der Waals surface area contributed by atoms with Crippen LogP contribution >= 0.6 is 0 Å². The van der Waals surface area contributed by atoms with Gasteiger partial charge in [-0.25, -0.2) is 9.18 Å². The van der Waals surface area contributed by atoms with Crippen LogP contribution in [0.5, 0.6) is 0 Å². The summed E-state index contributed by atoms with van der Waals surface area (Å²) in [5.74, 6) is -1.89. The van der Waals surface area contributed by atoms with Crippen LogP contribution in [-0.4, -0.2) is 49.2 Å². The monoisotopic (exact) mass is 266 g/mol. The fraction of sp³-hybridized carbons (Fsp3) is 0.500. The molecule has 4 nitrogen and oxygen atoms in total. The summed E-state index contributed by atoms with van der Waals surface area (Å²) in [5, 5.41) is 8.80. The lowest BCUT2D eigenvalue weighted by atomic mass is 10.0. The van der Waals surface area contributed by atoms with Crippen molar-refractivity contribution in [3.05, 3.63) is 29.6 Å². The highest BCUT2D eigenvalue weighted by Crippen LogP contribution is 2.23. The fourth-order valence-corrected chi connectivity index (χ4v) is 2.51. The molecule has 1 aliphatic heterocycles. The Bertz CT molecular complexity index is 469. The number of carboxylic acids is 1. The number of halogens is 1. The summed E-state index contributed by atoms with van der Waals surface area (Å²) in [4.78, 5) is 15.1. The first-order valence-corrected chi connectivity index (χ1v) is 6.43. The Morgan fingerprint density at radius 1 is 1.37 bits per heavy atom. The summed E-state index contributed by atoms with van der Waals surface area (Å²) < 4.78 is 13.6. The zero-order chi connectivity index (χ0) is 14.0. The Kier molecular flexibility index (Phi) is 4.04. The van der Waals surface area contributed by atoms with Crippen LogP contribution in [0, 0.1) is 5.82 Å². The third-order valence-electron chi connectivity index (χ3n) is 3.74. The molecule has 0 bridgehead atoms. The quantitative estimate of drug-likeness (QED) is 0.909. The Morgan fingerprint density at radius 2 is 2.00 bits per heavy atom. The maximum atomic E-state index is 13.6. The van der Waals surface area contributed by atoms with Crippen LogP contribution in [0.3, 0.4) is 0 Å². The molecular weight excluding hydrogens is 247 g/mol. The second-order valence-electron chi connectivity index (χ2n) is 5.15. The minimum absolute atomic E-state index is 0.271. The van der Waals surface area contributed by atoms with Gasteiger partial charge in [-0.3, -0.25) is 0 Å². The number of carboxylic acid groups (broad SMARTS) is 1. The van der Waals surface area contributed by atoms with E-state index in [9.17, 15) is 9.18 Å². The molecule has 0 unspecified atom stereocenters. The van der Waals surface area contributed by atoms with Crippen LogP contribution < -0.4 is 4.90 Å². The molecule has 0 atom stereocenters. The van der Waals surface area contributed by atoms with Crippen molar-refractivity contribution >= 4 is 11.7 Å². The van der Waals surface area contributed by atoms with E-state index in [1.54, 1.807) is 6.07 Å². The van der Waals surface area contributed by atoms with Gasteiger partial charge in [0, 0.05) is 24.8 Å². The molecule has 5 heteroatoms. The fourth-order valence-electron chi connectivity index (χ4n) is 2.51. The van der Waals surface area contributed by atoms with Gasteiger partial charge in [-0.05, 0) is 45.1 Å². The molecule has 0 radical (unpaired) electrons. The maximum absolute atomic E-state index is 13.6.